The Bertz CT molecular complexity index is 821. The van der Waals surface area contributed by atoms with Gasteiger partial charge in [-0.15, -0.1) is 0 Å². The van der Waals surface area contributed by atoms with E-state index in [2.05, 4.69) is 15.1 Å². The predicted molar refractivity (Wildman–Crippen MR) is 103 cm³/mol. The smallest absolute Gasteiger partial charge is 0.369 e. The molecule has 0 spiro atoms. The summed E-state index contributed by atoms with van der Waals surface area (Å²) in [4.78, 5) is 17.1. The Balaban J connectivity index is 1.34. The Hall–Kier alpha value is -2.54. The summed E-state index contributed by atoms with van der Waals surface area (Å²) in [6.45, 7) is 4.15. The number of nitrogens with one attached hydrogen (secondary N) is 1. The fourth-order valence-electron chi connectivity index (χ4n) is 3.55. The molecule has 2 fully saturated rings. The summed E-state index contributed by atoms with van der Waals surface area (Å²) in [5.74, 6) is -0.431. The van der Waals surface area contributed by atoms with E-state index in [1.807, 2.05) is 24.3 Å². The molecule has 4 nitrogen and oxygen atoms in total. The normalized spacial score (nSPS) is 18.2. The van der Waals surface area contributed by atoms with Gasteiger partial charge in [-0.1, -0.05) is 0 Å². The Morgan fingerprint density at radius 3 is 2.04 bits per heavy atom. The summed E-state index contributed by atoms with van der Waals surface area (Å²) in [5.41, 5.74) is 1.15. The predicted octanol–water partition coefficient (Wildman–Crippen LogP) is 4.24. The van der Waals surface area contributed by atoms with Gasteiger partial charge in [-0.2, -0.15) is 13.2 Å². The van der Waals surface area contributed by atoms with E-state index in [1.165, 1.54) is 25.0 Å². The van der Waals surface area contributed by atoms with Gasteiger partial charge in [0.1, 0.15) is 0 Å². The minimum atomic E-state index is -4.41. The van der Waals surface area contributed by atoms with Gasteiger partial charge in [0.2, 0.25) is 0 Å². The molecule has 1 amide bonds. The van der Waals surface area contributed by atoms with E-state index in [0.29, 0.717) is 5.69 Å². The SMILES string of the molecule is O=C(Nc1ccc(N2CCN(C3CC3)CC2)cc1)c1ccc(C(F)(F)F)cc1. The average molecular weight is 389 g/mol. The molecular formula is C21H22F3N3O. The standard InChI is InChI=1S/C21H22F3N3O/c22-21(23,24)16-3-1-15(2-4-16)20(28)25-17-5-7-18(8-6-17)26-11-13-27(14-12-26)19-9-10-19/h1-8,19H,9-14H2,(H,25,28). The first kappa shape index (κ1) is 18.8. The van der Waals surface area contributed by atoms with Gasteiger partial charge in [-0.05, 0) is 61.4 Å². The fraction of sp³-hybridized carbons (Fsp3) is 0.381. The minimum absolute atomic E-state index is 0.188. The van der Waals surface area contributed by atoms with Crippen molar-refractivity contribution in [1.29, 1.82) is 0 Å². The number of halogens is 3. The van der Waals surface area contributed by atoms with E-state index >= 15 is 0 Å². The number of alkyl halides is 3. The van der Waals surface area contributed by atoms with Crippen LogP contribution in [0.5, 0.6) is 0 Å². The molecule has 7 heteroatoms. The van der Waals surface area contributed by atoms with Crippen LogP contribution in [0.4, 0.5) is 24.5 Å². The molecule has 0 unspecified atom stereocenters. The zero-order chi connectivity index (χ0) is 19.7. The van der Waals surface area contributed by atoms with Crippen LogP contribution in [-0.4, -0.2) is 43.0 Å². The van der Waals surface area contributed by atoms with Crippen LogP contribution in [-0.2, 0) is 6.18 Å². The molecule has 4 rings (SSSR count). The lowest BCUT2D eigenvalue weighted by molar-refractivity contribution is -0.137. The molecule has 2 aliphatic rings. The number of hydrogen-bond acceptors (Lipinski definition) is 3. The van der Waals surface area contributed by atoms with Gasteiger partial charge in [0.25, 0.3) is 5.91 Å². The molecule has 2 aromatic carbocycles. The van der Waals surface area contributed by atoms with Crippen LogP contribution >= 0.6 is 0 Å². The third-order valence-corrected chi connectivity index (χ3v) is 5.34. The zero-order valence-corrected chi connectivity index (χ0v) is 15.4. The van der Waals surface area contributed by atoms with Crippen LogP contribution in [0.1, 0.15) is 28.8 Å². The average Bonchev–Trinajstić information content (AvgIpc) is 3.53. The summed E-state index contributed by atoms with van der Waals surface area (Å²) >= 11 is 0. The number of amides is 1. The number of hydrogen-bond donors (Lipinski definition) is 1. The van der Waals surface area contributed by atoms with E-state index in [-0.39, 0.29) is 5.56 Å². The lowest BCUT2D eigenvalue weighted by atomic mass is 10.1. The monoisotopic (exact) mass is 389 g/mol. The zero-order valence-electron chi connectivity index (χ0n) is 15.4. The molecule has 0 aromatic heterocycles. The van der Waals surface area contributed by atoms with Gasteiger partial charge < -0.3 is 10.2 Å². The first-order valence-corrected chi connectivity index (χ1v) is 9.48. The molecule has 0 radical (unpaired) electrons. The summed E-state index contributed by atoms with van der Waals surface area (Å²) in [5, 5.41) is 2.73. The number of carbonyl (C=O) groups excluding carboxylic acids is 1. The van der Waals surface area contributed by atoms with Gasteiger partial charge in [0.15, 0.2) is 0 Å². The Morgan fingerprint density at radius 2 is 1.50 bits per heavy atom. The van der Waals surface area contributed by atoms with E-state index in [1.54, 1.807) is 0 Å². The summed E-state index contributed by atoms with van der Waals surface area (Å²) < 4.78 is 37.8. The van der Waals surface area contributed by atoms with E-state index in [4.69, 9.17) is 0 Å². The van der Waals surface area contributed by atoms with Crippen molar-refractivity contribution < 1.29 is 18.0 Å². The van der Waals surface area contributed by atoms with E-state index in [9.17, 15) is 18.0 Å². The van der Waals surface area contributed by atoms with Crippen LogP contribution < -0.4 is 10.2 Å². The van der Waals surface area contributed by atoms with Crippen molar-refractivity contribution in [2.45, 2.75) is 25.1 Å². The molecule has 1 aliphatic heterocycles. The van der Waals surface area contributed by atoms with Crippen molar-refractivity contribution in [3.8, 4) is 0 Å². The second kappa shape index (κ2) is 7.47. The Kier molecular flexibility index (Phi) is 5.02. The van der Waals surface area contributed by atoms with Crippen molar-refractivity contribution in [3.63, 3.8) is 0 Å². The van der Waals surface area contributed by atoms with Crippen molar-refractivity contribution in [1.82, 2.24) is 4.90 Å². The first-order chi connectivity index (χ1) is 13.4. The minimum Gasteiger partial charge on any atom is -0.369 e. The molecule has 2 aromatic rings. The molecule has 1 heterocycles. The van der Waals surface area contributed by atoms with Crippen molar-refractivity contribution in [2.75, 3.05) is 36.4 Å². The number of benzene rings is 2. The highest BCUT2D eigenvalue weighted by Gasteiger charge is 2.31. The Labute approximate surface area is 161 Å². The van der Waals surface area contributed by atoms with Crippen LogP contribution in [0.3, 0.4) is 0 Å². The van der Waals surface area contributed by atoms with Gasteiger partial charge in [0.05, 0.1) is 5.56 Å². The van der Waals surface area contributed by atoms with Gasteiger partial charge >= 0.3 is 6.18 Å². The largest absolute Gasteiger partial charge is 0.416 e. The van der Waals surface area contributed by atoms with Crippen molar-refractivity contribution in [2.24, 2.45) is 0 Å². The number of nitrogens with zero attached hydrogens (tertiary/aromatic N) is 2. The van der Waals surface area contributed by atoms with Crippen molar-refractivity contribution in [3.05, 3.63) is 59.7 Å². The second-order valence-corrected chi connectivity index (χ2v) is 7.33. The maximum absolute atomic E-state index is 12.6. The van der Waals surface area contributed by atoms with Crippen LogP contribution in [0.25, 0.3) is 0 Å². The molecule has 0 atom stereocenters. The number of rotatable bonds is 4. The van der Waals surface area contributed by atoms with Gasteiger partial charge in [-0.3, -0.25) is 9.69 Å². The third-order valence-electron chi connectivity index (χ3n) is 5.34. The fourth-order valence-corrected chi connectivity index (χ4v) is 3.55. The molecule has 0 bridgehead atoms. The summed E-state index contributed by atoms with van der Waals surface area (Å²) in [6.07, 6.45) is -1.75. The molecular weight excluding hydrogens is 367 g/mol. The maximum Gasteiger partial charge on any atom is 0.416 e. The van der Waals surface area contributed by atoms with Gasteiger partial charge in [-0.25, -0.2) is 0 Å². The number of carbonyl (C=O) groups is 1. The van der Waals surface area contributed by atoms with E-state index in [0.717, 1.165) is 50.0 Å². The lowest BCUT2D eigenvalue weighted by Crippen LogP contribution is -2.47. The number of anilines is 2. The number of piperazine rings is 1. The maximum atomic E-state index is 12.6. The topological polar surface area (TPSA) is 35.6 Å². The van der Waals surface area contributed by atoms with Crippen molar-refractivity contribution >= 4 is 17.3 Å². The highest BCUT2D eigenvalue weighted by molar-refractivity contribution is 6.04. The van der Waals surface area contributed by atoms with Gasteiger partial charge in [0, 0.05) is 49.2 Å². The second-order valence-electron chi connectivity index (χ2n) is 7.33. The highest BCUT2D eigenvalue weighted by Crippen LogP contribution is 2.30. The van der Waals surface area contributed by atoms with Crippen LogP contribution in [0, 0.1) is 0 Å². The summed E-state index contributed by atoms with van der Waals surface area (Å²) in [7, 11) is 0. The molecule has 28 heavy (non-hydrogen) atoms. The summed E-state index contributed by atoms with van der Waals surface area (Å²) in [6, 6.07) is 12.6. The molecule has 1 saturated carbocycles. The quantitative estimate of drug-likeness (QED) is 0.850. The lowest BCUT2D eigenvalue weighted by Gasteiger charge is -2.36. The molecule has 1 aliphatic carbocycles. The molecule has 1 saturated heterocycles. The molecule has 148 valence electrons. The van der Waals surface area contributed by atoms with E-state index < -0.39 is 17.6 Å². The molecule has 1 N–H and O–H groups in total. The highest BCUT2D eigenvalue weighted by atomic mass is 19.4. The third kappa shape index (κ3) is 4.30. The Morgan fingerprint density at radius 1 is 0.893 bits per heavy atom. The van der Waals surface area contributed by atoms with Crippen LogP contribution in [0.2, 0.25) is 0 Å². The first-order valence-electron chi connectivity index (χ1n) is 9.48. The van der Waals surface area contributed by atoms with Crippen LogP contribution in [0.15, 0.2) is 48.5 Å².